The molecule has 2 aromatic rings. The van der Waals surface area contributed by atoms with E-state index in [1.807, 2.05) is 32.0 Å². The molecule has 0 radical (unpaired) electrons. The molecule has 98 valence electrons. The molecule has 1 heterocycles. The van der Waals surface area contributed by atoms with Gasteiger partial charge in [0, 0.05) is 29.0 Å². The van der Waals surface area contributed by atoms with Gasteiger partial charge in [-0.3, -0.25) is 4.79 Å². The van der Waals surface area contributed by atoms with Crippen molar-refractivity contribution in [2.24, 2.45) is 0 Å². The molecule has 0 bridgehead atoms. The van der Waals surface area contributed by atoms with Gasteiger partial charge in [-0.05, 0) is 25.5 Å². The molecule has 0 aliphatic heterocycles. The summed E-state index contributed by atoms with van der Waals surface area (Å²) in [5, 5.41) is -0.240. The second-order valence-electron chi connectivity index (χ2n) is 4.38. The number of benzene rings is 1. The molecule has 0 fully saturated rings. The van der Waals surface area contributed by atoms with Crippen LogP contribution in [0.2, 0.25) is 0 Å². The van der Waals surface area contributed by atoms with Gasteiger partial charge in [0.1, 0.15) is 0 Å². The summed E-state index contributed by atoms with van der Waals surface area (Å²) in [7, 11) is 0. The summed E-state index contributed by atoms with van der Waals surface area (Å²) in [4.78, 5) is 15.4. The molecule has 2 rings (SSSR count). The van der Waals surface area contributed by atoms with Gasteiger partial charge in [-0.15, -0.1) is 0 Å². The summed E-state index contributed by atoms with van der Waals surface area (Å²) in [6.07, 6.45) is 2.32. The maximum Gasteiger partial charge on any atom is 0.245 e. The second kappa shape index (κ2) is 5.99. The van der Waals surface area contributed by atoms with E-state index < -0.39 is 16.4 Å². The van der Waals surface area contributed by atoms with Crippen LogP contribution in [-0.2, 0) is 16.0 Å². The Morgan fingerprint density at radius 1 is 1.26 bits per heavy atom. The summed E-state index contributed by atoms with van der Waals surface area (Å²) in [6, 6.07) is 11.0. The van der Waals surface area contributed by atoms with Crippen molar-refractivity contribution in [1.82, 2.24) is 4.98 Å². The van der Waals surface area contributed by atoms with Crippen molar-refractivity contribution in [3.8, 4) is 0 Å². The van der Waals surface area contributed by atoms with Crippen LogP contribution in [0.1, 0.15) is 21.9 Å². The van der Waals surface area contributed by atoms with Gasteiger partial charge >= 0.3 is 0 Å². The van der Waals surface area contributed by atoms with Gasteiger partial charge < -0.3 is 4.55 Å². The first-order chi connectivity index (χ1) is 9.13. The number of carbonyl (C=O) groups excluding carboxylic acids is 1. The van der Waals surface area contributed by atoms with E-state index in [1.54, 1.807) is 24.4 Å². The second-order valence-corrected chi connectivity index (χ2v) is 5.90. The minimum Gasteiger partial charge on any atom is -0.609 e. The normalized spacial score (nSPS) is 13.8. The Morgan fingerprint density at radius 3 is 2.68 bits per heavy atom. The van der Waals surface area contributed by atoms with Gasteiger partial charge in [0.05, 0.1) is 0 Å². The quantitative estimate of drug-likeness (QED) is 0.636. The van der Waals surface area contributed by atoms with E-state index in [4.69, 9.17) is 0 Å². The monoisotopic (exact) mass is 273 g/mol. The Kier molecular flexibility index (Phi) is 4.35. The molecule has 3 nitrogen and oxygen atoms in total. The molecule has 0 N–H and O–H groups in total. The van der Waals surface area contributed by atoms with Crippen LogP contribution < -0.4 is 0 Å². The van der Waals surface area contributed by atoms with Crippen molar-refractivity contribution in [2.45, 2.75) is 24.1 Å². The average Bonchev–Trinajstić information content (AvgIpc) is 2.44. The first-order valence-corrected chi connectivity index (χ1v) is 7.19. The minimum absolute atomic E-state index is 0.431. The standard InChI is InChI=1S/C15H15NO2S/c1-11-6-7-12(2)13(9-11)14(10-17)19(18)15-5-3-4-8-16-15/h3-10,14H,1-2H3. The summed E-state index contributed by atoms with van der Waals surface area (Å²) in [6.45, 7) is 3.87. The van der Waals surface area contributed by atoms with Crippen molar-refractivity contribution in [1.29, 1.82) is 0 Å². The minimum atomic E-state index is -1.47. The number of carbonyl (C=O) groups is 1. The molecule has 1 aromatic heterocycles. The van der Waals surface area contributed by atoms with Crippen LogP contribution in [-0.4, -0.2) is 15.8 Å². The van der Waals surface area contributed by atoms with Crippen molar-refractivity contribution < 1.29 is 9.35 Å². The third-order valence-electron chi connectivity index (χ3n) is 2.94. The predicted molar refractivity (Wildman–Crippen MR) is 75.4 cm³/mol. The topological polar surface area (TPSA) is 53.0 Å². The van der Waals surface area contributed by atoms with Crippen LogP contribution in [0, 0.1) is 13.8 Å². The number of hydrogen-bond donors (Lipinski definition) is 0. The molecule has 0 saturated carbocycles. The number of aromatic nitrogens is 1. The zero-order valence-electron chi connectivity index (χ0n) is 10.9. The SMILES string of the molecule is Cc1ccc(C)c(C(C=O)[S+]([O-])c2ccccn2)c1. The molecule has 0 aliphatic rings. The van der Waals surface area contributed by atoms with E-state index >= 15 is 0 Å². The van der Waals surface area contributed by atoms with E-state index in [0.29, 0.717) is 5.03 Å². The van der Waals surface area contributed by atoms with Crippen molar-refractivity contribution in [2.75, 3.05) is 0 Å². The highest BCUT2D eigenvalue weighted by atomic mass is 32.2. The van der Waals surface area contributed by atoms with Gasteiger partial charge in [0.2, 0.25) is 10.3 Å². The lowest BCUT2D eigenvalue weighted by molar-refractivity contribution is -0.107. The van der Waals surface area contributed by atoms with Crippen molar-refractivity contribution in [3.63, 3.8) is 0 Å². The molecular weight excluding hydrogens is 258 g/mol. The molecule has 4 heteroatoms. The van der Waals surface area contributed by atoms with E-state index in [0.717, 1.165) is 23.0 Å². The van der Waals surface area contributed by atoms with Crippen LogP contribution in [0.25, 0.3) is 0 Å². The van der Waals surface area contributed by atoms with Crippen LogP contribution >= 0.6 is 0 Å². The summed E-state index contributed by atoms with van der Waals surface area (Å²) < 4.78 is 12.5. The Hall–Kier alpha value is -1.65. The van der Waals surface area contributed by atoms with E-state index in [2.05, 4.69) is 4.98 Å². The zero-order valence-corrected chi connectivity index (χ0v) is 11.7. The highest BCUT2D eigenvalue weighted by Gasteiger charge is 2.28. The fraction of sp³-hybridized carbons (Fsp3) is 0.200. The number of hydrogen-bond acceptors (Lipinski definition) is 3. The third kappa shape index (κ3) is 3.03. The van der Waals surface area contributed by atoms with Gasteiger partial charge in [0.25, 0.3) is 0 Å². The summed E-state index contributed by atoms with van der Waals surface area (Å²) in [5.41, 5.74) is 2.82. The van der Waals surface area contributed by atoms with Gasteiger partial charge in [-0.1, -0.05) is 29.8 Å². The third-order valence-corrected chi connectivity index (χ3v) is 4.42. The molecule has 1 aromatic carbocycles. The average molecular weight is 273 g/mol. The fourth-order valence-electron chi connectivity index (χ4n) is 1.90. The maximum atomic E-state index is 12.5. The fourth-order valence-corrected chi connectivity index (χ4v) is 3.12. The van der Waals surface area contributed by atoms with E-state index in [-0.39, 0.29) is 0 Å². The zero-order chi connectivity index (χ0) is 13.8. The largest absolute Gasteiger partial charge is 0.609 e. The van der Waals surface area contributed by atoms with Gasteiger partial charge in [0.15, 0.2) is 6.29 Å². The highest BCUT2D eigenvalue weighted by Crippen LogP contribution is 2.28. The van der Waals surface area contributed by atoms with E-state index in [1.165, 1.54) is 0 Å². The molecule has 19 heavy (non-hydrogen) atoms. The molecule has 0 aliphatic carbocycles. The van der Waals surface area contributed by atoms with Gasteiger partial charge in [-0.25, -0.2) is 4.98 Å². The first kappa shape index (κ1) is 13.8. The molecular formula is C15H15NO2S. The first-order valence-electron chi connectivity index (χ1n) is 5.97. The predicted octanol–water partition coefficient (Wildman–Crippen LogP) is 2.75. The van der Waals surface area contributed by atoms with Crippen LogP contribution in [0.4, 0.5) is 0 Å². The Bertz CT molecular complexity index is 572. The number of rotatable bonds is 4. The number of pyridine rings is 1. The molecule has 0 amide bonds. The van der Waals surface area contributed by atoms with Crippen LogP contribution in [0.15, 0.2) is 47.6 Å². The lowest BCUT2D eigenvalue weighted by Crippen LogP contribution is -2.17. The van der Waals surface area contributed by atoms with Crippen molar-refractivity contribution >= 4 is 17.5 Å². The van der Waals surface area contributed by atoms with Crippen LogP contribution in [0.5, 0.6) is 0 Å². The molecule has 2 unspecified atom stereocenters. The van der Waals surface area contributed by atoms with Crippen LogP contribution in [0.3, 0.4) is 0 Å². The Morgan fingerprint density at radius 2 is 2.05 bits per heavy atom. The number of aryl methyl sites for hydroxylation is 2. The Labute approximate surface area is 115 Å². The van der Waals surface area contributed by atoms with Crippen molar-refractivity contribution in [3.05, 3.63) is 59.3 Å². The highest BCUT2D eigenvalue weighted by molar-refractivity contribution is 7.92. The molecule has 0 saturated heterocycles. The number of nitrogens with zero attached hydrogens (tertiary/aromatic N) is 1. The lowest BCUT2D eigenvalue weighted by atomic mass is 10.0. The Balaban J connectivity index is 2.40. The maximum absolute atomic E-state index is 12.5. The lowest BCUT2D eigenvalue weighted by Gasteiger charge is -2.18. The molecule has 2 atom stereocenters. The van der Waals surface area contributed by atoms with E-state index in [9.17, 15) is 9.35 Å². The van der Waals surface area contributed by atoms with Gasteiger partial charge in [-0.2, -0.15) is 0 Å². The molecule has 0 spiro atoms. The summed E-state index contributed by atoms with van der Waals surface area (Å²) in [5.74, 6) is 0. The smallest absolute Gasteiger partial charge is 0.245 e. The number of aldehydes is 1. The summed E-state index contributed by atoms with van der Waals surface area (Å²) >= 11 is -1.47.